The predicted molar refractivity (Wildman–Crippen MR) is 42.2 cm³/mol. The van der Waals surface area contributed by atoms with Crippen molar-refractivity contribution in [3.05, 3.63) is 11.8 Å². The number of nitrogens with two attached hydrogens (primary N) is 1. The van der Waals surface area contributed by atoms with Crippen molar-refractivity contribution in [2.45, 2.75) is 13.3 Å². The Labute approximate surface area is 65.0 Å². The normalized spacial score (nSPS) is 10.0. The van der Waals surface area contributed by atoms with Gasteiger partial charge in [0, 0.05) is 13.5 Å². The lowest BCUT2D eigenvalue weighted by Crippen LogP contribution is -2.03. The molecule has 0 aliphatic heterocycles. The molecule has 0 aromatic carbocycles. The summed E-state index contributed by atoms with van der Waals surface area (Å²) in [7, 11) is 1.71. The van der Waals surface area contributed by atoms with Crippen LogP contribution in [0.3, 0.4) is 0 Å². The molecule has 1 heterocycles. The first-order chi connectivity index (χ1) is 5.16. The lowest BCUT2D eigenvalue weighted by Gasteiger charge is -1.95. The van der Waals surface area contributed by atoms with E-state index in [0.29, 0.717) is 17.8 Å². The number of aromatic nitrogens is 2. The van der Waals surface area contributed by atoms with Gasteiger partial charge >= 0.3 is 0 Å². The number of aryl methyl sites for hydroxylation is 1. The van der Waals surface area contributed by atoms with Gasteiger partial charge in [0.15, 0.2) is 5.78 Å². The summed E-state index contributed by atoms with van der Waals surface area (Å²) in [5.74, 6) is 0.479. The van der Waals surface area contributed by atoms with Gasteiger partial charge in [-0.2, -0.15) is 5.10 Å². The molecule has 0 saturated heterocycles. The Morgan fingerprint density at radius 2 is 2.45 bits per heavy atom. The van der Waals surface area contributed by atoms with E-state index in [1.165, 1.54) is 10.9 Å². The van der Waals surface area contributed by atoms with Crippen molar-refractivity contribution in [2.75, 3.05) is 5.73 Å². The minimum absolute atomic E-state index is 0.0376. The zero-order chi connectivity index (χ0) is 8.43. The highest BCUT2D eigenvalue weighted by Crippen LogP contribution is 2.10. The smallest absolute Gasteiger partial charge is 0.167 e. The van der Waals surface area contributed by atoms with Crippen LogP contribution in [0.25, 0.3) is 0 Å². The van der Waals surface area contributed by atoms with Crippen molar-refractivity contribution < 1.29 is 4.79 Å². The van der Waals surface area contributed by atoms with Gasteiger partial charge in [0.25, 0.3) is 0 Å². The molecule has 0 fully saturated rings. The number of rotatable bonds is 2. The van der Waals surface area contributed by atoms with Crippen molar-refractivity contribution in [3.8, 4) is 0 Å². The Kier molecular flexibility index (Phi) is 1.94. The second-order valence-corrected chi connectivity index (χ2v) is 2.34. The monoisotopic (exact) mass is 153 g/mol. The summed E-state index contributed by atoms with van der Waals surface area (Å²) < 4.78 is 1.49. The van der Waals surface area contributed by atoms with E-state index < -0.39 is 0 Å². The van der Waals surface area contributed by atoms with Gasteiger partial charge in [0.1, 0.15) is 5.82 Å². The van der Waals surface area contributed by atoms with Gasteiger partial charge in [-0.05, 0) is 0 Å². The van der Waals surface area contributed by atoms with Gasteiger partial charge in [0.2, 0.25) is 0 Å². The number of ketones is 1. The first-order valence-electron chi connectivity index (χ1n) is 3.47. The van der Waals surface area contributed by atoms with E-state index in [-0.39, 0.29) is 5.78 Å². The van der Waals surface area contributed by atoms with E-state index in [1.54, 1.807) is 14.0 Å². The van der Waals surface area contributed by atoms with Crippen LogP contribution in [0, 0.1) is 0 Å². The molecule has 0 spiro atoms. The fourth-order valence-corrected chi connectivity index (χ4v) is 0.852. The van der Waals surface area contributed by atoms with E-state index in [9.17, 15) is 4.79 Å². The third kappa shape index (κ3) is 1.24. The summed E-state index contributed by atoms with van der Waals surface area (Å²) in [6.07, 6.45) is 1.97. The Bertz CT molecular complexity index is 277. The zero-order valence-electron chi connectivity index (χ0n) is 6.66. The molecule has 0 saturated carbocycles. The molecule has 1 aromatic heterocycles. The summed E-state index contributed by atoms with van der Waals surface area (Å²) in [5.41, 5.74) is 6.08. The molecule has 0 unspecified atom stereocenters. The SMILES string of the molecule is CCC(=O)c1cnn(C)c1N. The third-order valence-electron chi connectivity index (χ3n) is 1.61. The zero-order valence-corrected chi connectivity index (χ0v) is 6.66. The van der Waals surface area contributed by atoms with Crippen LogP contribution in [0.15, 0.2) is 6.20 Å². The highest BCUT2D eigenvalue weighted by molar-refractivity contribution is 5.99. The fraction of sp³-hybridized carbons (Fsp3) is 0.429. The Hall–Kier alpha value is -1.32. The molecular formula is C7H11N3O. The minimum atomic E-state index is 0.0376. The molecule has 1 rings (SSSR count). The molecule has 4 nitrogen and oxygen atoms in total. The molecule has 4 heteroatoms. The fourth-order valence-electron chi connectivity index (χ4n) is 0.852. The number of nitrogens with zero attached hydrogens (tertiary/aromatic N) is 2. The van der Waals surface area contributed by atoms with Crippen LogP contribution in [0.4, 0.5) is 5.82 Å². The second kappa shape index (κ2) is 2.74. The average Bonchev–Trinajstić information content (AvgIpc) is 2.32. The first kappa shape index (κ1) is 7.78. The van der Waals surface area contributed by atoms with Crippen molar-refractivity contribution >= 4 is 11.6 Å². The van der Waals surface area contributed by atoms with Crippen LogP contribution >= 0.6 is 0 Å². The number of hydrogen-bond donors (Lipinski definition) is 1. The molecule has 2 N–H and O–H groups in total. The highest BCUT2D eigenvalue weighted by Gasteiger charge is 2.10. The van der Waals surface area contributed by atoms with Crippen LogP contribution in [0.5, 0.6) is 0 Å². The van der Waals surface area contributed by atoms with Crippen molar-refractivity contribution in [1.29, 1.82) is 0 Å². The summed E-state index contributed by atoms with van der Waals surface area (Å²) in [5, 5.41) is 3.86. The van der Waals surface area contributed by atoms with Gasteiger partial charge < -0.3 is 5.73 Å². The van der Waals surface area contributed by atoms with Crippen LogP contribution in [0.2, 0.25) is 0 Å². The molecular weight excluding hydrogens is 142 g/mol. The number of hydrogen-bond acceptors (Lipinski definition) is 3. The van der Waals surface area contributed by atoms with E-state index in [1.807, 2.05) is 0 Å². The summed E-state index contributed by atoms with van der Waals surface area (Å²) >= 11 is 0. The molecule has 60 valence electrons. The van der Waals surface area contributed by atoms with Crippen LogP contribution < -0.4 is 5.73 Å². The largest absolute Gasteiger partial charge is 0.383 e. The maximum absolute atomic E-state index is 11.1. The van der Waals surface area contributed by atoms with Crippen LogP contribution in [-0.4, -0.2) is 15.6 Å². The van der Waals surface area contributed by atoms with Gasteiger partial charge in [-0.15, -0.1) is 0 Å². The molecule has 0 atom stereocenters. The molecule has 11 heavy (non-hydrogen) atoms. The lowest BCUT2D eigenvalue weighted by atomic mass is 10.2. The summed E-state index contributed by atoms with van der Waals surface area (Å²) in [6, 6.07) is 0. The molecule has 0 radical (unpaired) electrons. The van der Waals surface area contributed by atoms with Gasteiger partial charge in [0.05, 0.1) is 11.8 Å². The van der Waals surface area contributed by atoms with E-state index in [2.05, 4.69) is 5.10 Å². The number of anilines is 1. The first-order valence-corrected chi connectivity index (χ1v) is 3.47. The number of nitrogen functional groups attached to an aromatic ring is 1. The molecule has 0 bridgehead atoms. The van der Waals surface area contributed by atoms with Crippen molar-refractivity contribution in [2.24, 2.45) is 7.05 Å². The third-order valence-corrected chi connectivity index (χ3v) is 1.61. The maximum atomic E-state index is 11.1. The van der Waals surface area contributed by atoms with E-state index in [4.69, 9.17) is 5.73 Å². The van der Waals surface area contributed by atoms with Crippen LogP contribution in [-0.2, 0) is 7.05 Å². The maximum Gasteiger partial charge on any atom is 0.167 e. The molecule has 0 aliphatic carbocycles. The standard InChI is InChI=1S/C7H11N3O/c1-3-6(11)5-4-9-10(2)7(5)8/h4H,3,8H2,1-2H3. The van der Waals surface area contributed by atoms with Crippen molar-refractivity contribution in [3.63, 3.8) is 0 Å². The predicted octanol–water partition coefficient (Wildman–Crippen LogP) is 0.595. The molecule has 0 amide bonds. The topological polar surface area (TPSA) is 60.9 Å². The lowest BCUT2D eigenvalue weighted by molar-refractivity contribution is 0.0989. The molecule has 0 aliphatic rings. The Morgan fingerprint density at radius 3 is 2.82 bits per heavy atom. The van der Waals surface area contributed by atoms with E-state index in [0.717, 1.165) is 0 Å². The second-order valence-electron chi connectivity index (χ2n) is 2.34. The quantitative estimate of drug-likeness (QED) is 0.633. The number of Topliss-reactive ketones (excluding diaryl/α,β-unsaturated/α-hetero) is 1. The number of carbonyl (C=O) groups excluding carboxylic acids is 1. The highest BCUT2D eigenvalue weighted by atomic mass is 16.1. The van der Waals surface area contributed by atoms with Crippen molar-refractivity contribution in [1.82, 2.24) is 9.78 Å². The van der Waals surface area contributed by atoms with Gasteiger partial charge in [-0.25, -0.2) is 0 Å². The Morgan fingerprint density at radius 1 is 1.82 bits per heavy atom. The summed E-state index contributed by atoms with van der Waals surface area (Å²) in [4.78, 5) is 11.1. The average molecular weight is 153 g/mol. The Balaban J connectivity index is 3.04. The van der Waals surface area contributed by atoms with Gasteiger partial charge in [-0.1, -0.05) is 6.92 Å². The summed E-state index contributed by atoms with van der Waals surface area (Å²) in [6.45, 7) is 1.80. The number of carbonyl (C=O) groups is 1. The minimum Gasteiger partial charge on any atom is -0.383 e. The van der Waals surface area contributed by atoms with E-state index >= 15 is 0 Å². The molecule has 1 aromatic rings. The van der Waals surface area contributed by atoms with Gasteiger partial charge in [-0.3, -0.25) is 9.48 Å². The van der Waals surface area contributed by atoms with Crippen LogP contribution in [0.1, 0.15) is 23.7 Å².